The quantitative estimate of drug-likeness (QED) is 0.402. The maximum atomic E-state index is 12.3. The number of hydrogen-bond acceptors (Lipinski definition) is 7. The fourth-order valence-electron chi connectivity index (χ4n) is 3.01. The summed E-state index contributed by atoms with van der Waals surface area (Å²) in [6.45, 7) is 0. The molecule has 0 atom stereocenters. The monoisotopic (exact) mass is 424 g/mol. The Balaban J connectivity index is 1.22. The fourth-order valence-corrected chi connectivity index (χ4v) is 3.01. The van der Waals surface area contributed by atoms with Crippen LogP contribution >= 0.6 is 0 Å². The number of anilines is 2. The largest absolute Gasteiger partial charge is 0.438 e. The number of benzene rings is 2. The minimum absolute atomic E-state index is 0.0805. The Bertz CT molecular complexity index is 1360. The zero-order valence-electron chi connectivity index (χ0n) is 16.6. The topological polar surface area (TPSA) is 115 Å². The average Bonchev–Trinajstić information content (AvgIpc) is 3.29. The van der Waals surface area contributed by atoms with Crippen molar-refractivity contribution in [2.45, 2.75) is 0 Å². The molecule has 5 aromatic rings. The molecule has 0 aliphatic heterocycles. The van der Waals surface area contributed by atoms with Crippen molar-refractivity contribution in [1.29, 1.82) is 0 Å². The van der Waals surface area contributed by atoms with Crippen LogP contribution in [0.3, 0.4) is 0 Å². The third kappa shape index (κ3) is 4.21. The number of nitrogens with one attached hydrogen (secondary N) is 2. The predicted molar refractivity (Wildman–Crippen MR) is 118 cm³/mol. The summed E-state index contributed by atoms with van der Waals surface area (Å²) < 4.78 is 11.4. The molecule has 2 aromatic carbocycles. The SMILES string of the molecule is O=C(Nc1ccc(Oc2ncnc3ccccc23)cc1)Nc1ncc(-c2cccnc2)o1. The number of amides is 2. The second-order valence-electron chi connectivity index (χ2n) is 6.67. The summed E-state index contributed by atoms with van der Waals surface area (Å²) in [5.41, 5.74) is 2.13. The van der Waals surface area contributed by atoms with E-state index < -0.39 is 6.03 Å². The molecule has 3 heterocycles. The molecule has 3 aromatic heterocycles. The van der Waals surface area contributed by atoms with Crippen molar-refractivity contribution in [3.63, 3.8) is 0 Å². The third-order valence-electron chi connectivity index (χ3n) is 4.51. The lowest BCUT2D eigenvalue weighted by Crippen LogP contribution is -2.19. The van der Waals surface area contributed by atoms with E-state index in [1.807, 2.05) is 30.3 Å². The minimum atomic E-state index is -0.486. The number of aromatic nitrogens is 4. The standard InChI is InChI=1S/C23H16N6O3/c30-22(29-23-25-13-20(32-23)15-4-3-11-24-12-15)28-16-7-9-17(10-8-16)31-21-18-5-1-2-6-19(18)26-14-27-21/h1-14H,(H2,25,28,29,30). The smallest absolute Gasteiger partial charge is 0.327 e. The molecule has 0 saturated carbocycles. The van der Waals surface area contributed by atoms with Crippen molar-refractivity contribution >= 4 is 28.6 Å². The first kappa shape index (κ1) is 19.2. The molecule has 0 unspecified atom stereocenters. The lowest BCUT2D eigenvalue weighted by Gasteiger charge is -2.09. The van der Waals surface area contributed by atoms with E-state index in [1.165, 1.54) is 12.5 Å². The van der Waals surface area contributed by atoms with Crippen molar-refractivity contribution in [2.75, 3.05) is 10.6 Å². The zero-order valence-corrected chi connectivity index (χ0v) is 16.6. The summed E-state index contributed by atoms with van der Waals surface area (Å²) in [7, 11) is 0. The number of oxazole rings is 1. The predicted octanol–water partition coefficient (Wildman–Crippen LogP) is 5.12. The minimum Gasteiger partial charge on any atom is -0.438 e. The van der Waals surface area contributed by atoms with Gasteiger partial charge in [0.25, 0.3) is 0 Å². The second-order valence-corrected chi connectivity index (χ2v) is 6.67. The molecule has 0 saturated heterocycles. The lowest BCUT2D eigenvalue weighted by atomic mass is 10.2. The van der Waals surface area contributed by atoms with Gasteiger partial charge in [0.2, 0.25) is 5.88 Å². The van der Waals surface area contributed by atoms with E-state index in [1.54, 1.807) is 42.7 Å². The van der Waals surface area contributed by atoms with Crippen LogP contribution in [0, 0.1) is 0 Å². The Labute approximate surface area is 182 Å². The summed E-state index contributed by atoms with van der Waals surface area (Å²) >= 11 is 0. The summed E-state index contributed by atoms with van der Waals surface area (Å²) in [4.78, 5) is 28.8. The Morgan fingerprint density at radius 2 is 1.75 bits per heavy atom. The van der Waals surface area contributed by atoms with Gasteiger partial charge in [0, 0.05) is 23.6 Å². The number of ether oxygens (including phenoxy) is 1. The highest BCUT2D eigenvalue weighted by Crippen LogP contribution is 2.27. The van der Waals surface area contributed by atoms with Crippen molar-refractivity contribution in [1.82, 2.24) is 19.9 Å². The molecule has 0 radical (unpaired) electrons. The van der Waals surface area contributed by atoms with Gasteiger partial charge in [-0.05, 0) is 48.5 Å². The second kappa shape index (κ2) is 8.52. The first-order valence-corrected chi connectivity index (χ1v) is 9.66. The summed E-state index contributed by atoms with van der Waals surface area (Å²) in [5, 5.41) is 6.09. The first-order valence-electron chi connectivity index (χ1n) is 9.66. The lowest BCUT2D eigenvalue weighted by molar-refractivity contribution is 0.261. The van der Waals surface area contributed by atoms with Gasteiger partial charge in [0.05, 0.1) is 17.1 Å². The highest BCUT2D eigenvalue weighted by Gasteiger charge is 2.10. The van der Waals surface area contributed by atoms with Crippen LogP contribution in [-0.2, 0) is 0 Å². The average molecular weight is 424 g/mol. The van der Waals surface area contributed by atoms with Gasteiger partial charge in [-0.1, -0.05) is 12.1 Å². The number of hydrogen-bond donors (Lipinski definition) is 2. The van der Waals surface area contributed by atoms with E-state index >= 15 is 0 Å². The number of pyridine rings is 1. The molecule has 9 nitrogen and oxygen atoms in total. The van der Waals surface area contributed by atoms with Crippen LogP contribution in [-0.4, -0.2) is 26.0 Å². The molecular formula is C23H16N6O3. The van der Waals surface area contributed by atoms with E-state index in [0.29, 0.717) is 23.1 Å². The van der Waals surface area contributed by atoms with Crippen molar-refractivity contribution in [3.8, 4) is 23.0 Å². The Morgan fingerprint density at radius 1 is 0.875 bits per heavy atom. The maximum absolute atomic E-state index is 12.3. The fraction of sp³-hybridized carbons (Fsp3) is 0. The number of carbonyl (C=O) groups excluding carboxylic acids is 1. The Hall–Kier alpha value is -4.79. The van der Waals surface area contributed by atoms with Crippen LogP contribution in [0.4, 0.5) is 16.5 Å². The number of urea groups is 1. The van der Waals surface area contributed by atoms with E-state index in [4.69, 9.17) is 9.15 Å². The zero-order chi connectivity index (χ0) is 21.8. The maximum Gasteiger partial charge on any atom is 0.327 e. The molecule has 0 aliphatic rings. The summed E-state index contributed by atoms with van der Waals surface area (Å²) in [5.74, 6) is 1.54. The Kier molecular flexibility index (Phi) is 5.11. The van der Waals surface area contributed by atoms with Crippen LogP contribution < -0.4 is 15.4 Å². The van der Waals surface area contributed by atoms with Gasteiger partial charge < -0.3 is 14.5 Å². The summed E-state index contributed by atoms with van der Waals surface area (Å²) in [6.07, 6.45) is 6.30. The highest BCUT2D eigenvalue weighted by atomic mass is 16.5. The van der Waals surface area contributed by atoms with Crippen molar-refractivity contribution in [3.05, 3.63) is 85.6 Å². The molecule has 2 N–H and O–H groups in total. The van der Waals surface area contributed by atoms with Gasteiger partial charge >= 0.3 is 12.0 Å². The molecular weight excluding hydrogens is 408 g/mol. The Morgan fingerprint density at radius 3 is 2.59 bits per heavy atom. The van der Waals surface area contributed by atoms with Gasteiger partial charge in [0.15, 0.2) is 5.76 Å². The number of rotatable bonds is 5. The number of carbonyl (C=O) groups is 1. The van der Waals surface area contributed by atoms with E-state index in [0.717, 1.165) is 16.5 Å². The number of nitrogens with zero attached hydrogens (tertiary/aromatic N) is 4. The molecule has 0 bridgehead atoms. The first-order chi connectivity index (χ1) is 15.7. The molecule has 9 heteroatoms. The molecule has 0 fully saturated rings. The molecule has 0 spiro atoms. The van der Waals surface area contributed by atoms with Crippen LogP contribution in [0.1, 0.15) is 0 Å². The van der Waals surface area contributed by atoms with Crippen LogP contribution in [0.2, 0.25) is 0 Å². The molecule has 5 rings (SSSR count). The summed E-state index contributed by atoms with van der Waals surface area (Å²) in [6, 6.07) is 17.7. The van der Waals surface area contributed by atoms with Crippen LogP contribution in [0.5, 0.6) is 11.6 Å². The van der Waals surface area contributed by atoms with Crippen molar-refractivity contribution < 1.29 is 13.9 Å². The third-order valence-corrected chi connectivity index (χ3v) is 4.51. The van der Waals surface area contributed by atoms with Crippen molar-refractivity contribution in [2.24, 2.45) is 0 Å². The van der Waals surface area contributed by atoms with Gasteiger partial charge in [0.1, 0.15) is 12.1 Å². The van der Waals surface area contributed by atoms with Gasteiger partial charge in [-0.15, -0.1) is 0 Å². The van der Waals surface area contributed by atoms with Crippen LogP contribution in [0.25, 0.3) is 22.2 Å². The van der Waals surface area contributed by atoms with E-state index in [9.17, 15) is 4.79 Å². The molecule has 2 amide bonds. The highest BCUT2D eigenvalue weighted by molar-refractivity contribution is 5.98. The van der Waals surface area contributed by atoms with E-state index in [-0.39, 0.29) is 6.01 Å². The van der Waals surface area contributed by atoms with Gasteiger partial charge in [-0.3, -0.25) is 10.3 Å². The molecule has 156 valence electrons. The van der Waals surface area contributed by atoms with E-state index in [2.05, 4.69) is 30.6 Å². The van der Waals surface area contributed by atoms with Gasteiger partial charge in [-0.25, -0.2) is 19.7 Å². The normalized spacial score (nSPS) is 10.6. The van der Waals surface area contributed by atoms with Crippen LogP contribution in [0.15, 0.2) is 90.0 Å². The molecule has 32 heavy (non-hydrogen) atoms. The number of fused-ring (bicyclic) bond motifs is 1. The molecule has 0 aliphatic carbocycles. The number of para-hydroxylation sites is 1. The van der Waals surface area contributed by atoms with Gasteiger partial charge in [-0.2, -0.15) is 0 Å².